The van der Waals surface area contributed by atoms with Gasteiger partial charge in [-0.3, -0.25) is 9.97 Å². The van der Waals surface area contributed by atoms with Crippen molar-refractivity contribution < 1.29 is 4.42 Å². The van der Waals surface area contributed by atoms with Gasteiger partial charge in [-0.05, 0) is 212 Å². The molecule has 0 saturated heterocycles. The van der Waals surface area contributed by atoms with Crippen molar-refractivity contribution in [2.45, 2.75) is 64.2 Å². The first-order valence-corrected chi connectivity index (χ1v) is 38.5. The molecule has 0 aliphatic heterocycles. The zero-order valence-electron chi connectivity index (χ0n) is 60.1. The van der Waals surface area contributed by atoms with Crippen LogP contribution in [0.3, 0.4) is 0 Å². The van der Waals surface area contributed by atoms with Gasteiger partial charge in [0.15, 0.2) is 0 Å². The maximum Gasteiger partial charge on any atom is 0.133 e. The lowest BCUT2D eigenvalue weighted by molar-refractivity contribution is 0.616. The molecule has 1 N–H and O–H groups in total. The van der Waals surface area contributed by atoms with Crippen LogP contribution in [-0.4, -0.2) is 15.0 Å². The standard InChI is InChI=1S/C10H12.C10H10.C10H8.2C9H7N.C9H10.C9H8.C8H7N.C8H6O.C8H6S.C6H6.C4H4S/c3*1-2-6-10-8-4-3-7-9(10)5-1;1-2-6-9-8(4-1)5-3-7-10-9;1-2-4-9-7-10-6-5-8(9)3-1;2*1-2-5-9-7-3-6-8(9)4-1;3*1-2-4-8-7(3-1)5-6-9-8;1-2-4-6-5-3-1;1-2-4-5-3-1/h1-2,5-6H,3-4,7-8H2;1-3,5-7H,4,8H2;1-8H;2*1-7H;1-2,4-5H,3,6-7H2;1-6H,7H2;1-6,9H;2*1-6H;1-6H;1-4H. The molecule has 0 unspecified atom stereocenters. The van der Waals surface area contributed by atoms with Gasteiger partial charge in [-0.25, -0.2) is 0 Å². The first-order chi connectivity index (χ1) is 52.7. The number of allylic oxidation sites excluding steroid dienone is 2. The molecule has 12 aromatic carbocycles. The number of furan rings is 1. The van der Waals surface area contributed by atoms with Crippen molar-refractivity contribution in [2.75, 3.05) is 0 Å². The van der Waals surface area contributed by atoms with Crippen LogP contribution in [-0.2, 0) is 38.5 Å². The Kier molecular flexibility index (Phi) is 31.0. The van der Waals surface area contributed by atoms with Crippen LogP contribution in [0.1, 0.15) is 70.2 Å². The van der Waals surface area contributed by atoms with Gasteiger partial charge < -0.3 is 9.40 Å². The van der Waals surface area contributed by atoms with Gasteiger partial charge in [-0.2, -0.15) is 11.3 Å². The molecule has 4 aliphatic rings. The van der Waals surface area contributed by atoms with Crippen LogP contribution in [0.15, 0.2) is 416 Å². The highest BCUT2D eigenvalue weighted by atomic mass is 32.1. The summed E-state index contributed by atoms with van der Waals surface area (Å²) < 4.78 is 6.49. The summed E-state index contributed by atoms with van der Waals surface area (Å²) in [5.74, 6) is 0. The fraction of sp³-hybridized carbons (Fsp3) is 0.100. The van der Waals surface area contributed by atoms with Crippen molar-refractivity contribution in [3.8, 4) is 0 Å². The molecule has 0 radical (unpaired) electrons. The molecular formula is C100H91N3OS2. The number of benzene rings is 12. The summed E-state index contributed by atoms with van der Waals surface area (Å²) in [6.07, 6.45) is 30.8. The first-order valence-electron chi connectivity index (χ1n) is 36.7. The van der Waals surface area contributed by atoms with Gasteiger partial charge in [-0.15, -0.1) is 11.3 Å². The van der Waals surface area contributed by atoms with Crippen LogP contribution in [0.5, 0.6) is 0 Å². The number of thiophene rings is 2. The largest absolute Gasteiger partial charge is 0.464 e. The Morgan fingerprint density at radius 3 is 1.36 bits per heavy atom. The molecular weight excluding hydrogens is 1320 g/mol. The lowest BCUT2D eigenvalue weighted by Crippen LogP contribution is -2.00. The van der Waals surface area contributed by atoms with Gasteiger partial charge >= 0.3 is 0 Å². The third kappa shape index (κ3) is 25.1. The van der Waals surface area contributed by atoms with E-state index in [2.05, 4.69) is 263 Å². The second-order valence-corrected chi connectivity index (χ2v) is 27.0. The first kappa shape index (κ1) is 75.1. The van der Waals surface area contributed by atoms with Crippen LogP contribution < -0.4 is 0 Å². The number of hydrogen-bond acceptors (Lipinski definition) is 5. The SMILES string of the molecule is C1=Cc2ccccc2C1.C1=Cc2ccccc2CC1.c1ccc2[nH]ccc2c1.c1ccc2c(c1)CCC2.c1ccc2c(c1)CCCC2.c1ccc2ccccc2c1.c1ccc2cnccc2c1.c1ccc2ncccc2c1.c1ccc2occc2c1.c1ccc2sccc2c1.c1ccccc1.c1ccsc1. The van der Waals surface area contributed by atoms with Crippen molar-refractivity contribution in [3.05, 3.63) is 456 Å². The normalized spacial score (nSPS) is 11.7. The molecule has 0 spiro atoms. The quantitative estimate of drug-likeness (QED) is 0.165. The number of nitrogens with zero attached hydrogens (tertiary/aromatic N) is 2. The van der Waals surface area contributed by atoms with Gasteiger partial charge in [0.25, 0.3) is 0 Å². The minimum atomic E-state index is 0.956. The molecule has 106 heavy (non-hydrogen) atoms. The smallest absolute Gasteiger partial charge is 0.133 e. The lowest BCUT2D eigenvalue weighted by atomic mass is 9.92. The van der Waals surface area contributed by atoms with E-state index in [-0.39, 0.29) is 0 Å². The van der Waals surface area contributed by atoms with E-state index in [1.807, 2.05) is 169 Å². The summed E-state index contributed by atoms with van der Waals surface area (Å²) in [5.41, 5.74) is 15.2. The molecule has 6 aromatic heterocycles. The number of aryl methyl sites for hydroxylation is 5. The summed E-state index contributed by atoms with van der Waals surface area (Å²) in [6.45, 7) is 0. The van der Waals surface area contributed by atoms with E-state index in [4.69, 9.17) is 4.42 Å². The molecule has 0 amide bonds. The number of H-pyrrole nitrogens is 1. The Morgan fingerprint density at radius 2 is 0.792 bits per heavy atom. The molecule has 4 aliphatic carbocycles. The van der Waals surface area contributed by atoms with Crippen molar-refractivity contribution >= 4 is 99.2 Å². The zero-order chi connectivity index (χ0) is 72.4. The number of aromatic nitrogens is 3. The average Bonchev–Trinajstić information content (AvgIpc) is 1.86. The number of aromatic amines is 1. The number of para-hydroxylation sites is 3. The van der Waals surface area contributed by atoms with Crippen molar-refractivity contribution in [1.29, 1.82) is 0 Å². The summed E-state index contributed by atoms with van der Waals surface area (Å²) in [6, 6.07) is 120. The number of pyridine rings is 2. The van der Waals surface area contributed by atoms with Crippen molar-refractivity contribution in [2.24, 2.45) is 0 Å². The van der Waals surface area contributed by atoms with Crippen molar-refractivity contribution in [3.63, 3.8) is 0 Å². The average molecular weight is 1410 g/mol. The Hall–Kier alpha value is -12.1. The number of hydrogen-bond donors (Lipinski definition) is 1. The predicted molar refractivity (Wildman–Crippen MR) is 459 cm³/mol. The van der Waals surface area contributed by atoms with E-state index in [9.17, 15) is 0 Å². The Morgan fingerprint density at radius 1 is 0.311 bits per heavy atom. The number of fused-ring (bicyclic) bond motifs is 10. The van der Waals surface area contributed by atoms with Crippen LogP contribution in [0, 0.1) is 0 Å². The zero-order valence-corrected chi connectivity index (χ0v) is 61.7. The topological polar surface area (TPSA) is 54.7 Å². The molecule has 0 fully saturated rings. The highest BCUT2D eigenvalue weighted by Gasteiger charge is 2.08. The Labute approximate surface area is 634 Å². The van der Waals surface area contributed by atoms with E-state index in [0.29, 0.717) is 0 Å². The molecule has 4 nitrogen and oxygen atoms in total. The molecule has 524 valence electrons. The number of nitrogens with one attached hydrogen (secondary N) is 1. The third-order valence-corrected chi connectivity index (χ3v) is 19.4. The van der Waals surface area contributed by atoms with E-state index in [1.54, 1.807) is 51.2 Å². The Balaban J connectivity index is 0.000000116. The van der Waals surface area contributed by atoms with Crippen LogP contribution in [0.4, 0.5) is 0 Å². The third-order valence-electron chi connectivity index (χ3n) is 17.9. The van der Waals surface area contributed by atoms with Gasteiger partial charge in [0.05, 0.1) is 11.8 Å². The van der Waals surface area contributed by atoms with E-state index >= 15 is 0 Å². The molecule has 6 heterocycles. The summed E-state index contributed by atoms with van der Waals surface area (Å²) in [5, 5.41) is 16.3. The molecule has 0 saturated carbocycles. The molecule has 0 bridgehead atoms. The molecule has 18 aromatic rings. The van der Waals surface area contributed by atoms with E-state index in [1.165, 1.54) is 128 Å². The minimum Gasteiger partial charge on any atom is -0.464 e. The van der Waals surface area contributed by atoms with Crippen LogP contribution >= 0.6 is 22.7 Å². The van der Waals surface area contributed by atoms with Crippen molar-refractivity contribution in [1.82, 2.24) is 15.0 Å². The highest BCUT2D eigenvalue weighted by Crippen LogP contribution is 2.24. The maximum atomic E-state index is 5.12. The van der Waals surface area contributed by atoms with Gasteiger partial charge in [-0.1, -0.05) is 322 Å². The summed E-state index contributed by atoms with van der Waals surface area (Å²) in [4.78, 5) is 11.3. The monoisotopic (exact) mass is 1410 g/mol. The van der Waals surface area contributed by atoms with E-state index < -0.39 is 0 Å². The predicted octanol–water partition coefficient (Wildman–Crippen LogP) is 27.9. The fourth-order valence-corrected chi connectivity index (χ4v) is 13.6. The lowest BCUT2D eigenvalue weighted by Gasteiger charge is -2.13. The highest BCUT2D eigenvalue weighted by molar-refractivity contribution is 7.17. The molecule has 0 atom stereocenters. The second kappa shape index (κ2) is 43.8. The minimum absolute atomic E-state index is 0.956. The maximum absolute atomic E-state index is 5.12. The molecule has 6 heteroatoms. The van der Waals surface area contributed by atoms with E-state index in [0.717, 1.165) is 22.9 Å². The molecule has 22 rings (SSSR count). The van der Waals surface area contributed by atoms with Gasteiger partial charge in [0, 0.05) is 45.8 Å². The van der Waals surface area contributed by atoms with Crippen LogP contribution in [0.2, 0.25) is 0 Å². The van der Waals surface area contributed by atoms with Crippen LogP contribution in [0.25, 0.3) is 76.6 Å². The van der Waals surface area contributed by atoms with Gasteiger partial charge in [0.2, 0.25) is 0 Å². The fourth-order valence-electron chi connectivity index (χ4n) is 12.4. The summed E-state index contributed by atoms with van der Waals surface area (Å²) in [7, 11) is 0. The summed E-state index contributed by atoms with van der Waals surface area (Å²) >= 11 is 3.50. The number of rotatable bonds is 0. The van der Waals surface area contributed by atoms with Gasteiger partial charge in [0.1, 0.15) is 5.58 Å². The second-order valence-electron chi connectivity index (χ2n) is 25.2. The Bertz CT molecular complexity index is 4780.